The summed E-state index contributed by atoms with van der Waals surface area (Å²) in [6.45, 7) is 1.89. The van der Waals surface area contributed by atoms with E-state index in [-0.39, 0.29) is 5.56 Å². The quantitative estimate of drug-likeness (QED) is 0.705. The molecule has 0 saturated carbocycles. The summed E-state index contributed by atoms with van der Waals surface area (Å²) in [5.74, 6) is -1.22. The zero-order valence-electron chi connectivity index (χ0n) is 13.4. The number of halogens is 1. The molecule has 3 heterocycles. The highest BCUT2D eigenvalue weighted by atomic mass is 35.5. The molecule has 0 atom stereocenters. The number of aromatic nitrogens is 2. The van der Waals surface area contributed by atoms with Gasteiger partial charge in [-0.2, -0.15) is 4.98 Å². The molecule has 0 aliphatic carbocycles. The fraction of sp³-hybridized carbons (Fsp3) is 0.278. The zero-order chi connectivity index (χ0) is 17.4. The van der Waals surface area contributed by atoms with Crippen molar-refractivity contribution < 1.29 is 9.90 Å². The SMILES string of the molecule is O=C([O-])c1cc(-c2cccc(Cl)c2)nc2nc(N3CCCCC3)sc12. The van der Waals surface area contributed by atoms with Gasteiger partial charge in [0, 0.05) is 29.2 Å². The molecule has 128 valence electrons. The highest BCUT2D eigenvalue weighted by molar-refractivity contribution is 7.22. The van der Waals surface area contributed by atoms with E-state index in [0.29, 0.717) is 21.1 Å². The van der Waals surface area contributed by atoms with Crippen LogP contribution >= 0.6 is 22.9 Å². The lowest BCUT2D eigenvalue weighted by molar-refractivity contribution is -0.254. The second kappa shape index (κ2) is 6.61. The van der Waals surface area contributed by atoms with E-state index in [2.05, 4.69) is 14.9 Å². The molecule has 0 bridgehead atoms. The molecule has 5 nitrogen and oxygen atoms in total. The minimum atomic E-state index is -1.22. The van der Waals surface area contributed by atoms with Crippen LogP contribution in [-0.4, -0.2) is 29.0 Å². The van der Waals surface area contributed by atoms with Gasteiger partial charge in [-0.25, -0.2) is 4.98 Å². The van der Waals surface area contributed by atoms with Gasteiger partial charge in [0.05, 0.1) is 16.4 Å². The summed E-state index contributed by atoms with van der Waals surface area (Å²) in [7, 11) is 0. The number of anilines is 1. The molecule has 4 rings (SSSR count). The lowest BCUT2D eigenvalue weighted by Gasteiger charge is -2.25. The maximum Gasteiger partial charge on any atom is 0.188 e. The first-order chi connectivity index (χ1) is 12.1. The molecule has 0 N–H and O–H groups in total. The maximum absolute atomic E-state index is 11.7. The number of pyridine rings is 1. The van der Waals surface area contributed by atoms with Gasteiger partial charge in [0.2, 0.25) is 0 Å². The number of carboxylic acid groups (broad SMARTS) is 1. The number of aromatic carboxylic acids is 1. The summed E-state index contributed by atoms with van der Waals surface area (Å²) in [6.07, 6.45) is 3.48. The molecule has 1 saturated heterocycles. The topological polar surface area (TPSA) is 69.1 Å². The van der Waals surface area contributed by atoms with Crippen molar-refractivity contribution in [2.75, 3.05) is 18.0 Å². The first kappa shape index (κ1) is 16.3. The minimum Gasteiger partial charge on any atom is -0.545 e. The van der Waals surface area contributed by atoms with Crippen LogP contribution in [-0.2, 0) is 0 Å². The highest BCUT2D eigenvalue weighted by Crippen LogP contribution is 2.34. The van der Waals surface area contributed by atoms with Crippen LogP contribution in [0.3, 0.4) is 0 Å². The van der Waals surface area contributed by atoms with Crippen LogP contribution in [0.2, 0.25) is 5.02 Å². The molecule has 3 aromatic rings. The first-order valence-corrected chi connectivity index (χ1v) is 9.35. The molecular formula is C18H15ClN3O2S-. The van der Waals surface area contributed by atoms with Crippen molar-refractivity contribution in [1.82, 2.24) is 9.97 Å². The molecule has 1 aliphatic rings. The molecule has 1 aromatic carbocycles. The zero-order valence-corrected chi connectivity index (χ0v) is 14.9. The molecular weight excluding hydrogens is 358 g/mol. The third kappa shape index (κ3) is 3.19. The molecule has 25 heavy (non-hydrogen) atoms. The fourth-order valence-electron chi connectivity index (χ4n) is 3.07. The van der Waals surface area contributed by atoms with Gasteiger partial charge in [0.15, 0.2) is 10.8 Å². The van der Waals surface area contributed by atoms with E-state index in [1.54, 1.807) is 18.2 Å². The molecule has 0 radical (unpaired) electrons. The predicted octanol–water partition coefficient (Wildman–Crippen LogP) is 3.37. The van der Waals surface area contributed by atoms with Crippen molar-refractivity contribution in [3.8, 4) is 11.3 Å². The van der Waals surface area contributed by atoms with Gasteiger partial charge in [-0.1, -0.05) is 35.1 Å². The summed E-state index contributed by atoms with van der Waals surface area (Å²) < 4.78 is 0.561. The Morgan fingerprint density at radius 1 is 1.16 bits per heavy atom. The number of benzene rings is 1. The van der Waals surface area contributed by atoms with E-state index >= 15 is 0 Å². The van der Waals surface area contributed by atoms with Crippen molar-refractivity contribution in [3.63, 3.8) is 0 Å². The van der Waals surface area contributed by atoms with Crippen molar-refractivity contribution >= 4 is 44.4 Å². The molecule has 1 aliphatic heterocycles. The molecule has 2 aromatic heterocycles. The van der Waals surface area contributed by atoms with E-state index in [9.17, 15) is 9.90 Å². The van der Waals surface area contributed by atoms with E-state index in [1.807, 2.05) is 12.1 Å². The van der Waals surface area contributed by atoms with Crippen LogP contribution in [0.4, 0.5) is 5.13 Å². The van der Waals surface area contributed by atoms with Crippen molar-refractivity contribution in [2.24, 2.45) is 0 Å². The summed E-state index contributed by atoms with van der Waals surface area (Å²) in [5, 5.41) is 13.0. The first-order valence-electron chi connectivity index (χ1n) is 8.15. The molecule has 0 amide bonds. The standard InChI is InChI=1S/C18H16ClN3O2S/c19-12-6-4-5-11(9-12)14-10-13(17(23)24)15-16(20-14)21-18(25-15)22-7-2-1-3-8-22/h4-6,9-10H,1-3,7-8H2,(H,23,24)/p-1. The summed E-state index contributed by atoms with van der Waals surface area (Å²) in [5.41, 5.74) is 1.86. The molecule has 0 unspecified atom stereocenters. The van der Waals surface area contributed by atoms with Crippen LogP contribution in [0.25, 0.3) is 21.6 Å². The highest BCUT2D eigenvalue weighted by Gasteiger charge is 2.19. The summed E-state index contributed by atoms with van der Waals surface area (Å²) in [4.78, 5) is 23.0. The van der Waals surface area contributed by atoms with Crippen LogP contribution in [0, 0.1) is 0 Å². The smallest absolute Gasteiger partial charge is 0.188 e. The van der Waals surface area contributed by atoms with Gasteiger partial charge in [-0.05, 0) is 37.5 Å². The summed E-state index contributed by atoms with van der Waals surface area (Å²) in [6, 6.07) is 8.72. The van der Waals surface area contributed by atoms with Crippen LogP contribution in [0.1, 0.15) is 29.6 Å². The van der Waals surface area contributed by atoms with Crippen molar-refractivity contribution in [2.45, 2.75) is 19.3 Å². The normalized spacial score (nSPS) is 14.8. The lowest BCUT2D eigenvalue weighted by atomic mass is 10.1. The van der Waals surface area contributed by atoms with Gasteiger partial charge >= 0.3 is 0 Å². The van der Waals surface area contributed by atoms with E-state index in [1.165, 1.54) is 17.8 Å². The number of carboxylic acids is 1. The van der Waals surface area contributed by atoms with Crippen LogP contribution < -0.4 is 10.0 Å². The van der Waals surface area contributed by atoms with Gasteiger partial charge < -0.3 is 14.8 Å². The van der Waals surface area contributed by atoms with Crippen molar-refractivity contribution in [3.05, 3.63) is 40.9 Å². The third-order valence-electron chi connectivity index (χ3n) is 4.32. The molecule has 7 heteroatoms. The Balaban J connectivity index is 1.85. The van der Waals surface area contributed by atoms with Crippen molar-refractivity contribution in [1.29, 1.82) is 0 Å². The van der Waals surface area contributed by atoms with Gasteiger partial charge in [0.1, 0.15) is 0 Å². The molecule has 0 spiro atoms. The van der Waals surface area contributed by atoms with E-state index in [0.717, 1.165) is 36.6 Å². The Hall–Kier alpha value is -2.18. The number of piperidine rings is 1. The lowest BCUT2D eigenvalue weighted by Crippen LogP contribution is -2.29. The maximum atomic E-state index is 11.7. The third-order valence-corrected chi connectivity index (χ3v) is 5.69. The Kier molecular flexibility index (Phi) is 4.31. The Bertz CT molecular complexity index is 951. The number of hydrogen-bond donors (Lipinski definition) is 0. The van der Waals surface area contributed by atoms with E-state index < -0.39 is 5.97 Å². The van der Waals surface area contributed by atoms with Crippen LogP contribution in [0.15, 0.2) is 30.3 Å². The Morgan fingerprint density at radius 3 is 2.68 bits per heavy atom. The minimum absolute atomic E-state index is 0.126. The number of thiazole rings is 1. The second-order valence-electron chi connectivity index (χ2n) is 6.05. The second-order valence-corrected chi connectivity index (χ2v) is 7.46. The monoisotopic (exact) mass is 372 g/mol. The summed E-state index contributed by atoms with van der Waals surface area (Å²) >= 11 is 7.42. The fourth-order valence-corrected chi connectivity index (χ4v) is 4.32. The number of hydrogen-bond acceptors (Lipinski definition) is 6. The average molecular weight is 373 g/mol. The number of rotatable bonds is 3. The van der Waals surface area contributed by atoms with Crippen LogP contribution in [0.5, 0.6) is 0 Å². The predicted molar refractivity (Wildman–Crippen MR) is 98.3 cm³/mol. The Labute approximate surface area is 153 Å². The number of fused-ring (bicyclic) bond motifs is 1. The number of carbonyl (C=O) groups is 1. The Morgan fingerprint density at radius 2 is 1.96 bits per heavy atom. The van der Waals surface area contributed by atoms with Gasteiger partial charge in [0.25, 0.3) is 0 Å². The molecule has 1 fully saturated rings. The van der Waals surface area contributed by atoms with Gasteiger partial charge in [-0.3, -0.25) is 0 Å². The van der Waals surface area contributed by atoms with Gasteiger partial charge in [-0.15, -0.1) is 0 Å². The largest absolute Gasteiger partial charge is 0.545 e. The van der Waals surface area contributed by atoms with E-state index in [4.69, 9.17) is 11.6 Å². The number of carbonyl (C=O) groups excluding carboxylic acids is 1. The number of nitrogens with zero attached hydrogens (tertiary/aromatic N) is 3. The average Bonchev–Trinajstić information content (AvgIpc) is 3.05.